The minimum absolute atomic E-state index is 0. The second-order valence-electron chi connectivity index (χ2n) is 0.638. The molecule has 0 heterocycles. The second-order valence-corrected chi connectivity index (χ2v) is 2.91. The number of nitrogens with two attached hydrogens (primary N) is 2. The summed E-state index contributed by atoms with van der Waals surface area (Å²) in [6, 6.07) is 0. The zero-order chi connectivity index (χ0) is 7.15. The van der Waals surface area contributed by atoms with Crippen LogP contribution in [0.3, 0.4) is 0 Å². The van der Waals surface area contributed by atoms with Crippen LogP contribution in [0.5, 0.6) is 0 Å². The van der Waals surface area contributed by atoms with Crippen molar-refractivity contribution in [2.75, 3.05) is 0 Å². The van der Waals surface area contributed by atoms with E-state index in [1.54, 1.807) is 0 Å². The van der Waals surface area contributed by atoms with Gasteiger partial charge in [0.1, 0.15) is 0 Å². The molecule has 4 N–H and O–H groups in total. The maximum absolute atomic E-state index is 4.66. The van der Waals surface area contributed by atoms with E-state index in [1.807, 2.05) is 0 Å². The van der Waals surface area contributed by atoms with Gasteiger partial charge in [0.15, 0.2) is 0 Å². The maximum atomic E-state index is 4.66. The van der Waals surface area contributed by atoms with E-state index in [-0.39, 0.29) is 28.1 Å². The van der Waals surface area contributed by atoms with E-state index in [2.05, 4.69) is 61.2 Å². The van der Waals surface area contributed by atoms with Gasteiger partial charge in [-0.3, -0.25) is 0 Å². The molecule has 0 aromatic carbocycles. The van der Waals surface area contributed by atoms with Crippen molar-refractivity contribution in [1.29, 1.82) is 0 Å². The Kier molecular flexibility index (Phi) is 21.2. The molecule has 7 heteroatoms. The summed E-state index contributed by atoms with van der Waals surface area (Å²) in [5.41, 5.74) is 9.31. The van der Waals surface area contributed by atoms with Gasteiger partial charge in [-0.1, -0.05) is 8.64 Å². The van der Waals surface area contributed by atoms with E-state index in [9.17, 15) is 0 Å². The Balaban J connectivity index is -0.0000000720. The van der Waals surface area contributed by atoms with Crippen LogP contribution >= 0.6 is 24.4 Å². The van der Waals surface area contributed by atoms with Crippen molar-refractivity contribution in [3.63, 3.8) is 0 Å². The zero-order valence-corrected chi connectivity index (χ0v) is 9.03. The Labute approximate surface area is 88.7 Å². The first-order chi connectivity index (χ1) is 3.46. The SMILES string of the molecule is NC(=S)[S-].NC(=S)[S-].[Rh+2]. The van der Waals surface area contributed by atoms with Crippen molar-refractivity contribution in [3.8, 4) is 0 Å². The summed E-state index contributed by atoms with van der Waals surface area (Å²) in [5, 5.41) is 0. The molecule has 0 aliphatic rings. The molecule has 0 atom stereocenters. The van der Waals surface area contributed by atoms with Gasteiger partial charge < -0.3 is 61.2 Å². The van der Waals surface area contributed by atoms with Crippen LogP contribution in [0, 0.1) is 0 Å². The third kappa shape index (κ3) is 582. The fraction of sp³-hybridized carbons (Fsp3) is 0. The van der Waals surface area contributed by atoms with Crippen LogP contribution in [-0.4, -0.2) is 8.64 Å². The summed E-state index contributed by atoms with van der Waals surface area (Å²) >= 11 is 16.5. The van der Waals surface area contributed by atoms with Crippen molar-refractivity contribution in [2.24, 2.45) is 11.5 Å². The molecule has 0 rings (SSSR count). The summed E-state index contributed by atoms with van der Waals surface area (Å²) in [6.07, 6.45) is 0. The van der Waals surface area contributed by atoms with Crippen LogP contribution in [-0.2, 0) is 44.7 Å². The molecule has 0 aliphatic carbocycles. The smallest absolute Gasteiger partial charge is 0.415 e. The first-order valence-corrected chi connectivity index (χ1v) is 3.03. The number of thiocarbonyl (C=S) groups is 2. The van der Waals surface area contributed by atoms with Gasteiger partial charge in [0.2, 0.25) is 0 Å². The van der Waals surface area contributed by atoms with Crippen molar-refractivity contribution >= 4 is 58.3 Å². The standard InChI is InChI=1S/2CH3NS2.Rh/c2*2-1(3)4;/h2*(H3,2,3,4);/q;;+2/p-2. The monoisotopic (exact) mass is 287 g/mol. The second kappa shape index (κ2) is 11.6. The number of hydrogen-bond acceptors (Lipinski definition) is 4. The van der Waals surface area contributed by atoms with Gasteiger partial charge in [0.25, 0.3) is 0 Å². The van der Waals surface area contributed by atoms with E-state index >= 15 is 0 Å². The first kappa shape index (κ1) is 16.4. The largest absolute Gasteiger partial charge is 2.00 e. The van der Waals surface area contributed by atoms with Gasteiger partial charge >= 0.3 is 19.5 Å². The van der Waals surface area contributed by atoms with E-state index in [1.165, 1.54) is 0 Å². The number of rotatable bonds is 0. The van der Waals surface area contributed by atoms with Crippen LogP contribution in [0.25, 0.3) is 0 Å². The molecule has 0 saturated carbocycles. The van der Waals surface area contributed by atoms with Crippen molar-refractivity contribution < 1.29 is 19.5 Å². The van der Waals surface area contributed by atoms with Gasteiger partial charge in [0.05, 0.1) is 0 Å². The molecular formula is C2H4N2RhS4. The van der Waals surface area contributed by atoms with Gasteiger partial charge in [-0.05, 0) is 0 Å². The molecule has 55 valence electrons. The molecular weight excluding hydrogens is 283 g/mol. The summed E-state index contributed by atoms with van der Waals surface area (Å²) < 4.78 is 0.167. The van der Waals surface area contributed by atoms with E-state index in [0.717, 1.165) is 0 Å². The molecule has 0 aromatic rings. The Bertz CT molecular complexity index is 74.6. The third-order valence-electron chi connectivity index (χ3n) is 0. The van der Waals surface area contributed by atoms with Crippen LogP contribution < -0.4 is 11.5 Å². The molecule has 0 bridgehead atoms. The normalized spacial score (nSPS) is 5.33. The van der Waals surface area contributed by atoms with Gasteiger partial charge in [0, 0.05) is 0 Å². The topological polar surface area (TPSA) is 52.0 Å². The summed E-state index contributed by atoms with van der Waals surface area (Å²) in [4.78, 5) is 0. The molecule has 1 radical (unpaired) electrons. The Morgan fingerprint density at radius 3 is 1.00 bits per heavy atom. The van der Waals surface area contributed by atoms with Crippen molar-refractivity contribution in [3.05, 3.63) is 0 Å². The molecule has 0 aromatic heterocycles. The molecule has 2 nitrogen and oxygen atoms in total. The molecule has 0 aliphatic heterocycles. The predicted octanol–water partition coefficient (Wildman–Crippen LogP) is -0.449. The van der Waals surface area contributed by atoms with Gasteiger partial charge in [-0.2, -0.15) is 0 Å². The summed E-state index contributed by atoms with van der Waals surface area (Å²) in [6.45, 7) is 0. The first-order valence-electron chi connectivity index (χ1n) is 1.39. The van der Waals surface area contributed by atoms with Crippen LogP contribution in [0.2, 0.25) is 0 Å². The van der Waals surface area contributed by atoms with E-state index in [4.69, 9.17) is 0 Å². The summed E-state index contributed by atoms with van der Waals surface area (Å²) in [5.74, 6) is 0. The Morgan fingerprint density at radius 2 is 1.00 bits per heavy atom. The molecule has 0 spiro atoms. The van der Waals surface area contributed by atoms with Crippen molar-refractivity contribution in [1.82, 2.24) is 0 Å². The predicted molar refractivity (Wildman–Crippen MR) is 48.3 cm³/mol. The summed E-state index contributed by atoms with van der Waals surface area (Å²) in [7, 11) is 0. The molecule has 0 fully saturated rings. The average Bonchev–Trinajstić information content (AvgIpc) is 1.25. The molecule has 0 unspecified atom stereocenters. The quantitative estimate of drug-likeness (QED) is 0.358. The minimum Gasteiger partial charge on any atom is -0.415 e. The molecule has 9 heavy (non-hydrogen) atoms. The minimum atomic E-state index is 0. The average molecular weight is 287 g/mol. The molecule has 0 saturated heterocycles. The number of hydrogen-bond donors (Lipinski definition) is 2. The fourth-order valence-electron chi connectivity index (χ4n) is 0. The van der Waals surface area contributed by atoms with Gasteiger partial charge in [-0.15, -0.1) is 0 Å². The van der Waals surface area contributed by atoms with Crippen LogP contribution in [0.15, 0.2) is 0 Å². The zero-order valence-electron chi connectivity index (χ0n) is 4.12. The van der Waals surface area contributed by atoms with Crippen LogP contribution in [0.1, 0.15) is 0 Å². The third-order valence-corrected chi connectivity index (χ3v) is 0. The van der Waals surface area contributed by atoms with Crippen molar-refractivity contribution in [2.45, 2.75) is 0 Å². The van der Waals surface area contributed by atoms with Crippen LogP contribution in [0.4, 0.5) is 0 Å². The van der Waals surface area contributed by atoms with E-state index < -0.39 is 0 Å². The fourth-order valence-corrected chi connectivity index (χ4v) is 0. The Hall–Kier alpha value is 0.843. The molecule has 0 amide bonds. The van der Waals surface area contributed by atoms with E-state index in [0.29, 0.717) is 0 Å². The van der Waals surface area contributed by atoms with Gasteiger partial charge in [-0.25, -0.2) is 0 Å². The maximum Gasteiger partial charge on any atom is 2.00 e. The Morgan fingerprint density at radius 1 is 1.00 bits per heavy atom.